The van der Waals surface area contributed by atoms with Crippen molar-refractivity contribution >= 4 is 0 Å². The Morgan fingerprint density at radius 2 is 1.58 bits per heavy atom. The zero-order chi connectivity index (χ0) is 17.0. The van der Waals surface area contributed by atoms with Crippen molar-refractivity contribution in [2.24, 2.45) is 7.05 Å². The summed E-state index contributed by atoms with van der Waals surface area (Å²) in [5.41, 5.74) is 7.60. The Balaban J connectivity index is 0.000000232. The van der Waals surface area contributed by atoms with Crippen molar-refractivity contribution in [3.8, 4) is 11.4 Å². The molecule has 0 radical (unpaired) electrons. The standard InChI is InChI=1S/C11H15.C7H6N5.W/c1-7-6-8(2)10(4)11(5)9(7)3;1-12-10-7(9-11-12)6-3-2-4-8-5-6;/h1-5H3;2-3,5H,1H3;/q2*-1;+2. The zero-order valence-corrected chi connectivity index (χ0v) is 17.8. The van der Waals surface area contributed by atoms with Crippen molar-refractivity contribution < 1.29 is 21.1 Å². The van der Waals surface area contributed by atoms with Crippen LogP contribution in [0.5, 0.6) is 0 Å². The molecule has 0 spiro atoms. The van der Waals surface area contributed by atoms with Gasteiger partial charge in [-0.3, -0.25) is 0 Å². The summed E-state index contributed by atoms with van der Waals surface area (Å²) in [6, 6.07) is 6.90. The number of benzene rings is 1. The number of pyridine rings is 1. The van der Waals surface area contributed by atoms with Gasteiger partial charge in [-0.2, -0.15) is 50.8 Å². The fraction of sp³-hybridized carbons (Fsp3) is 0.333. The minimum atomic E-state index is 0. The second kappa shape index (κ2) is 8.83. The molecule has 0 amide bonds. The van der Waals surface area contributed by atoms with Crippen LogP contribution in [-0.2, 0) is 28.1 Å². The van der Waals surface area contributed by atoms with Gasteiger partial charge >= 0.3 is 21.1 Å². The number of rotatable bonds is 1. The minimum Gasteiger partial charge on any atom is -0.394 e. The van der Waals surface area contributed by atoms with Crippen molar-refractivity contribution in [2.75, 3.05) is 0 Å². The molecule has 0 saturated heterocycles. The smallest absolute Gasteiger partial charge is 0.394 e. The van der Waals surface area contributed by atoms with E-state index in [1.54, 1.807) is 19.3 Å². The van der Waals surface area contributed by atoms with Crippen LogP contribution in [0.4, 0.5) is 0 Å². The van der Waals surface area contributed by atoms with Gasteiger partial charge in [-0.25, -0.2) is 0 Å². The first-order chi connectivity index (χ1) is 10.9. The number of aryl methyl sites for hydroxylation is 3. The summed E-state index contributed by atoms with van der Waals surface area (Å²) >= 11 is 0. The van der Waals surface area contributed by atoms with Crippen molar-refractivity contribution in [3.63, 3.8) is 0 Å². The van der Waals surface area contributed by atoms with Crippen molar-refractivity contribution in [1.29, 1.82) is 0 Å². The van der Waals surface area contributed by atoms with Gasteiger partial charge in [0.05, 0.1) is 7.05 Å². The maximum atomic E-state index is 4.02. The van der Waals surface area contributed by atoms with E-state index in [-0.39, 0.29) is 21.1 Å². The van der Waals surface area contributed by atoms with Crippen LogP contribution < -0.4 is 0 Å². The third-order valence-electron chi connectivity index (χ3n) is 4.01. The molecule has 0 aliphatic heterocycles. The number of hydrogen-bond acceptors (Lipinski definition) is 4. The molecule has 0 saturated carbocycles. The predicted octanol–water partition coefficient (Wildman–Crippen LogP) is 3.10. The van der Waals surface area contributed by atoms with Crippen LogP contribution in [-0.4, -0.2) is 25.2 Å². The largest absolute Gasteiger partial charge is 2.00 e. The molecule has 3 aromatic rings. The van der Waals surface area contributed by atoms with E-state index in [0.29, 0.717) is 5.82 Å². The molecule has 5 nitrogen and oxygen atoms in total. The zero-order valence-electron chi connectivity index (χ0n) is 14.9. The van der Waals surface area contributed by atoms with Gasteiger partial charge in [0.25, 0.3) is 0 Å². The van der Waals surface area contributed by atoms with Crippen LogP contribution in [0.15, 0.2) is 18.3 Å². The fourth-order valence-corrected chi connectivity index (χ4v) is 2.16. The summed E-state index contributed by atoms with van der Waals surface area (Å²) < 4.78 is 0. The molecule has 0 aliphatic carbocycles. The van der Waals surface area contributed by atoms with E-state index < -0.39 is 0 Å². The van der Waals surface area contributed by atoms with E-state index in [2.05, 4.69) is 67.3 Å². The van der Waals surface area contributed by atoms with E-state index in [0.717, 1.165) is 5.56 Å². The quantitative estimate of drug-likeness (QED) is 0.492. The van der Waals surface area contributed by atoms with E-state index in [9.17, 15) is 0 Å². The van der Waals surface area contributed by atoms with Crippen LogP contribution >= 0.6 is 0 Å². The average molecular weight is 491 g/mol. The van der Waals surface area contributed by atoms with Crippen LogP contribution in [0.3, 0.4) is 0 Å². The number of aromatic nitrogens is 5. The Labute approximate surface area is 157 Å². The van der Waals surface area contributed by atoms with Gasteiger partial charge in [0.1, 0.15) is 0 Å². The summed E-state index contributed by atoms with van der Waals surface area (Å²) in [6.07, 6.45) is 4.33. The first kappa shape index (κ1) is 20.2. The third kappa shape index (κ3) is 4.81. The molecule has 0 bridgehead atoms. The Kier molecular flexibility index (Phi) is 7.43. The van der Waals surface area contributed by atoms with Gasteiger partial charge in [0, 0.05) is 0 Å². The fourth-order valence-electron chi connectivity index (χ4n) is 2.16. The molecule has 2 aromatic heterocycles. The molecule has 0 atom stereocenters. The van der Waals surface area contributed by atoms with Crippen molar-refractivity contribution in [3.05, 3.63) is 58.4 Å². The van der Waals surface area contributed by atoms with E-state index in [4.69, 9.17) is 0 Å². The van der Waals surface area contributed by atoms with Crippen LogP contribution in [0.25, 0.3) is 11.4 Å². The first-order valence-corrected chi connectivity index (χ1v) is 7.43. The van der Waals surface area contributed by atoms with E-state index in [1.807, 2.05) is 6.07 Å². The minimum absolute atomic E-state index is 0. The van der Waals surface area contributed by atoms with Crippen LogP contribution in [0.1, 0.15) is 27.8 Å². The maximum Gasteiger partial charge on any atom is 2.00 e. The molecule has 2 heterocycles. The normalized spacial score (nSPS) is 9.75. The monoisotopic (exact) mass is 491 g/mol. The van der Waals surface area contributed by atoms with E-state index >= 15 is 0 Å². The van der Waals surface area contributed by atoms with Crippen molar-refractivity contribution in [2.45, 2.75) is 34.6 Å². The predicted molar refractivity (Wildman–Crippen MR) is 89.8 cm³/mol. The van der Waals surface area contributed by atoms with Gasteiger partial charge in [-0.1, -0.05) is 52.6 Å². The van der Waals surface area contributed by atoms with Crippen LogP contribution in [0, 0.1) is 46.9 Å². The second-order valence-corrected chi connectivity index (χ2v) is 5.53. The molecule has 0 N–H and O–H groups in total. The van der Waals surface area contributed by atoms with Gasteiger partial charge in [0.15, 0.2) is 5.82 Å². The Bertz CT molecular complexity index is 770. The second-order valence-electron chi connectivity index (χ2n) is 5.53. The number of tetrazole rings is 1. The van der Waals surface area contributed by atoms with E-state index in [1.165, 1.54) is 32.6 Å². The molecule has 24 heavy (non-hydrogen) atoms. The summed E-state index contributed by atoms with van der Waals surface area (Å²) in [5, 5.41) is 11.6. The molecule has 0 fully saturated rings. The number of hydrogen-bond donors (Lipinski definition) is 0. The van der Waals surface area contributed by atoms with Gasteiger partial charge in [-0.05, 0) is 5.21 Å². The summed E-state index contributed by atoms with van der Waals surface area (Å²) in [5.74, 6) is 0.582. The number of nitrogens with zero attached hydrogens (tertiary/aromatic N) is 5. The molecule has 6 heteroatoms. The molecular weight excluding hydrogens is 470 g/mol. The molecule has 1 aromatic carbocycles. The Morgan fingerprint density at radius 1 is 0.958 bits per heavy atom. The molecule has 3 rings (SSSR count). The summed E-state index contributed by atoms with van der Waals surface area (Å²) in [6.45, 7) is 10.7. The average Bonchev–Trinajstić information content (AvgIpc) is 2.99. The van der Waals surface area contributed by atoms with Gasteiger partial charge in [0.2, 0.25) is 0 Å². The molecule has 124 valence electrons. The Morgan fingerprint density at radius 3 is 2.04 bits per heavy atom. The third-order valence-corrected chi connectivity index (χ3v) is 4.01. The Hall–Kier alpha value is -1.87. The SMILES string of the molecule is Cc1[c-]c(C)c(C)c(C)c1C.Cn1nnc(-c2cc[c-]nc2)n1.[W+2]. The maximum absolute atomic E-state index is 4.02. The molecule has 0 aliphatic rings. The first-order valence-electron chi connectivity index (χ1n) is 7.43. The topological polar surface area (TPSA) is 56.5 Å². The van der Waals surface area contributed by atoms with Gasteiger partial charge < -0.3 is 4.98 Å². The molecule has 0 unspecified atom stereocenters. The van der Waals surface area contributed by atoms with Gasteiger partial charge in [-0.15, -0.1) is 10.2 Å². The summed E-state index contributed by atoms with van der Waals surface area (Å²) in [4.78, 5) is 5.24. The van der Waals surface area contributed by atoms with Crippen LogP contribution in [0.2, 0.25) is 0 Å². The van der Waals surface area contributed by atoms with Crippen molar-refractivity contribution in [1.82, 2.24) is 25.2 Å². The molecular formula is C18H21N5W. The summed E-state index contributed by atoms with van der Waals surface area (Å²) in [7, 11) is 1.72.